The second-order valence-electron chi connectivity index (χ2n) is 4.82. The van der Waals surface area contributed by atoms with E-state index in [4.69, 9.17) is 5.11 Å². The number of carbonyl (C=O) groups is 1. The lowest BCUT2D eigenvalue weighted by molar-refractivity contribution is 0.187. The molecule has 0 bridgehead atoms. The van der Waals surface area contributed by atoms with Crippen LogP contribution in [0.1, 0.15) is 12.8 Å². The SMILES string of the molecule is O=C(O)NC1CCN(c2cc3cc[nH]c3cn2)CC1. The van der Waals surface area contributed by atoms with Crippen LogP contribution in [-0.2, 0) is 0 Å². The molecule has 1 saturated heterocycles. The van der Waals surface area contributed by atoms with Gasteiger partial charge in [0.25, 0.3) is 0 Å². The van der Waals surface area contributed by atoms with E-state index in [0.29, 0.717) is 0 Å². The molecule has 0 saturated carbocycles. The molecule has 0 aromatic carbocycles. The van der Waals surface area contributed by atoms with Gasteiger partial charge in [-0.2, -0.15) is 0 Å². The van der Waals surface area contributed by atoms with Gasteiger partial charge in [0, 0.05) is 30.7 Å². The number of hydrogen-bond donors (Lipinski definition) is 3. The lowest BCUT2D eigenvalue weighted by Gasteiger charge is -2.32. The van der Waals surface area contributed by atoms with Crippen molar-refractivity contribution in [1.29, 1.82) is 0 Å². The smallest absolute Gasteiger partial charge is 0.404 e. The van der Waals surface area contributed by atoms with Crippen molar-refractivity contribution >= 4 is 22.8 Å². The number of fused-ring (bicyclic) bond motifs is 1. The zero-order chi connectivity index (χ0) is 13.2. The molecule has 1 amide bonds. The van der Waals surface area contributed by atoms with Crippen LogP contribution in [0.15, 0.2) is 24.5 Å². The summed E-state index contributed by atoms with van der Waals surface area (Å²) in [6, 6.07) is 4.15. The zero-order valence-electron chi connectivity index (χ0n) is 10.5. The van der Waals surface area contributed by atoms with Crippen molar-refractivity contribution in [3.8, 4) is 0 Å². The summed E-state index contributed by atoms with van der Waals surface area (Å²) in [4.78, 5) is 20.4. The predicted molar refractivity (Wildman–Crippen MR) is 72.5 cm³/mol. The van der Waals surface area contributed by atoms with Gasteiger partial charge in [-0.3, -0.25) is 0 Å². The maximum atomic E-state index is 10.6. The van der Waals surface area contributed by atoms with Gasteiger partial charge in [0.2, 0.25) is 0 Å². The van der Waals surface area contributed by atoms with E-state index in [-0.39, 0.29) is 6.04 Å². The second kappa shape index (κ2) is 4.79. The Kier molecular flexibility index (Phi) is 2.98. The summed E-state index contributed by atoms with van der Waals surface area (Å²) in [6.45, 7) is 1.65. The molecule has 0 unspecified atom stereocenters. The van der Waals surface area contributed by atoms with Crippen molar-refractivity contribution in [3.05, 3.63) is 24.5 Å². The molecule has 19 heavy (non-hydrogen) atoms. The summed E-state index contributed by atoms with van der Waals surface area (Å²) < 4.78 is 0. The minimum atomic E-state index is -0.940. The largest absolute Gasteiger partial charge is 0.465 e. The molecule has 0 radical (unpaired) electrons. The van der Waals surface area contributed by atoms with Crippen molar-refractivity contribution in [2.45, 2.75) is 18.9 Å². The number of piperidine rings is 1. The highest BCUT2D eigenvalue weighted by molar-refractivity contribution is 5.81. The van der Waals surface area contributed by atoms with E-state index in [9.17, 15) is 4.79 Å². The first-order valence-electron chi connectivity index (χ1n) is 6.40. The minimum absolute atomic E-state index is 0.0599. The van der Waals surface area contributed by atoms with Gasteiger partial charge in [-0.15, -0.1) is 0 Å². The molecule has 0 spiro atoms. The van der Waals surface area contributed by atoms with Crippen LogP contribution in [-0.4, -0.2) is 40.3 Å². The fraction of sp³-hybridized carbons (Fsp3) is 0.385. The highest BCUT2D eigenvalue weighted by Crippen LogP contribution is 2.21. The fourth-order valence-corrected chi connectivity index (χ4v) is 2.54. The number of aromatic nitrogens is 2. The van der Waals surface area contributed by atoms with Gasteiger partial charge >= 0.3 is 6.09 Å². The first-order valence-corrected chi connectivity index (χ1v) is 6.40. The van der Waals surface area contributed by atoms with E-state index >= 15 is 0 Å². The van der Waals surface area contributed by atoms with Gasteiger partial charge in [0.1, 0.15) is 5.82 Å². The third kappa shape index (κ3) is 2.47. The monoisotopic (exact) mass is 260 g/mol. The molecule has 2 aromatic heterocycles. The quantitative estimate of drug-likeness (QED) is 0.769. The zero-order valence-corrected chi connectivity index (χ0v) is 10.5. The summed E-state index contributed by atoms with van der Waals surface area (Å²) in [5.74, 6) is 0.959. The highest BCUT2D eigenvalue weighted by Gasteiger charge is 2.21. The van der Waals surface area contributed by atoms with E-state index < -0.39 is 6.09 Å². The molecule has 3 N–H and O–H groups in total. The van der Waals surface area contributed by atoms with Gasteiger partial charge in [-0.05, 0) is 25.0 Å². The van der Waals surface area contributed by atoms with Crippen LogP contribution in [0.5, 0.6) is 0 Å². The first kappa shape index (κ1) is 11.8. The summed E-state index contributed by atoms with van der Waals surface area (Å²) in [6.07, 6.45) is 4.44. The predicted octanol–water partition coefficient (Wildman–Crippen LogP) is 1.80. The number of hydrogen-bond acceptors (Lipinski definition) is 3. The topological polar surface area (TPSA) is 81.2 Å². The number of nitrogens with one attached hydrogen (secondary N) is 2. The standard InChI is InChI=1S/C13H16N4O2/c18-13(19)16-10-2-5-17(6-3-10)12-7-9-1-4-14-11(9)8-15-12/h1,4,7-8,10,14,16H,2-3,5-6H2,(H,18,19). The van der Waals surface area contributed by atoms with Crippen molar-refractivity contribution < 1.29 is 9.90 Å². The van der Waals surface area contributed by atoms with E-state index in [1.807, 2.05) is 18.5 Å². The van der Waals surface area contributed by atoms with Gasteiger partial charge in [0.15, 0.2) is 0 Å². The molecule has 6 nitrogen and oxygen atoms in total. The molecule has 3 rings (SSSR count). The number of rotatable bonds is 2. The number of pyridine rings is 1. The molecule has 1 aliphatic rings. The molecule has 1 fully saturated rings. The Morgan fingerprint density at radius 3 is 3.00 bits per heavy atom. The second-order valence-corrected chi connectivity index (χ2v) is 4.82. The van der Waals surface area contributed by atoms with Crippen LogP contribution >= 0.6 is 0 Å². The van der Waals surface area contributed by atoms with Crippen LogP contribution in [0.3, 0.4) is 0 Å². The van der Waals surface area contributed by atoms with E-state index in [1.165, 1.54) is 0 Å². The molecule has 6 heteroatoms. The first-order chi connectivity index (χ1) is 9.22. The van der Waals surface area contributed by atoms with Crippen LogP contribution in [0.2, 0.25) is 0 Å². The maximum Gasteiger partial charge on any atom is 0.404 e. The Bertz CT molecular complexity index is 587. The van der Waals surface area contributed by atoms with Gasteiger partial charge in [-0.25, -0.2) is 9.78 Å². The van der Waals surface area contributed by atoms with Gasteiger partial charge < -0.3 is 20.3 Å². The number of nitrogens with zero attached hydrogens (tertiary/aromatic N) is 2. The number of H-pyrrole nitrogens is 1. The average Bonchev–Trinajstić information content (AvgIpc) is 2.86. The van der Waals surface area contributed by atoms with Crippen molar-refractivity contribution in [1.82, 2.24) is 15.3 Å². The third-order valence-electron chi connectivity index (χ3n) is 3.57. The molecule has 100 valence electrons. The maximum absolute atomic E-state index is 10.6. The van der Waals surface area contributed by atoms with E-state index in [0.717, 1.165) is 42.7 Å². The minimum Gasteiger partial charge on any atom is -0.465 e. The summed E-state index contributed by atoms with van der Waals surface area (Å²) >= 11 is 0. The Morgan fingerprint density at radius 1 is 1.47 bits per heavy atom. The average molecular weight is 260 g/mol. The van der Waals surface area contributed by atoms with E-state index in [1.54, 1.807) is 0 Å². The third-order valence-corrected chi connectivity index (χ3v) is 3.57. The van der Waals surface area contributed by atoms with Crippen molar-refractivity contribution in [3.63, 3.8) is 0 Å². The number of aromatic amines is 1. The van der Waals surface area contributed by atoms with Crippen molar-refractivity contribution in [2.24, 2.45) is 0 Å². The number of amides is 1. The Hall–Kier alpha value is -2.24. The molecule has 2 aromatic rings. The summed E-state index contributed by atoms with van der Waals surface area (Å²) in [7, 11) is 0. The summed E-state index contributed by atoms with van der Waals surface area (Å²) in [5, 5.41) is 12.4. The Balaban J connectivity index is 1.69. The fourth-order valence-electron chi connectivity index (χ4n) is 2.54. The van der Waals surface area contributed by atoms with Crippen LogP contribution < -0.4 is 10.2 Å². The normalized spacial score (nSPS) is 16.7. The molecular formula is C13H16N4O2. The van der Waals surface area contributed by atoms with Crippen LogP contribution in [0.4, 0.5) is 10.6 Å². The molecule has 0 atom stereocenters. The number of anilines is 1. The Labute approximate surface area is 110 Å². The van der Waals surface area contributed by atoms with Crippen LogP contribution in [0.25, 0.3) is 10.9 Å². The van der Waals surface area contributed by atoms with Gasteiger partial charge in [0.05, 0.1) is 11.7 Å². The molecule has 1 aliphatic heterocycles. The van der Waals surface area contributed by atoms with Gasteiger partial charge in [-0.1, -0.05) is 0 Å². The van der Waals surface area contributed by atoms with Crippen molar-refractivity contribution in [2.75, 3.05) is 18.0 Å². The number of carboxylic acid groups (broad SMARTS) is 1. The Morgan fingerprint density at radius 2 is 2.26 bits per heavy atom. The van der Waals surface area contributed by atoms with E-state index in [2.05, 4.69) is 26.3 Å². The molecule has 3 heterocycles. The highest BCUT2D eigenvalue weighted by atomic mass is 16.4. The summed E-state index contributed by atoms with van der Waals surface area (Å²) in [5.41, 5.74) is 1.03. The lowest BCUT2D eigenvalue weighted by Crippen LogP contribution is -2.44. The molecular weight excluding hydrogens is 244 g/mol. The molecule has 0 aliphatic carbocycles. The lowest BCUT2D eigenvalue weighted by atomic mass is 10.1. The van der Waals surface area contributed by atoms with Crippen LogP contribution in [0, 0.1) is 0 Å².